The molecule has 0 atom stereocenters. The van der Waals surface area contributed by atoms with Crippen molar-refractivity contribution in [1.29, 1.82) is 0 Å². The van der Waals surface area contributed by atoms with E-state index < -0.39 is 12.1 Å². The average molecular weight is 514 g/mol. The molecule has 5 rings (SSSR count). The summed E-state index contributed by atoms with van der Waals surface area (Å²) in [4.78, 5) is 26.5. The van der Waals surface area contributed by atoms with Crippen LogP contribution in [-0.2, 0) is 11.3 Å². The van der Waals surface area contributed by atoms with Gasteiger partial charge in [-0.2, -0.15) is 18.3 Å². The third-order valence-electron chi connectivity index (χ3n) is 4.95. The first-order chi connectivity index (χ1) is 17.2. The fourth-order valence-electron chi connectivity index (χ4n) is 3.23. The van der Waals surface area contributed by atoms with Gasteiger partial charge in [0.2, 0.25) is 0 Å². The fourth-order valence-corrected chi connectivity index (χ4v) is 3.88. The minimum Gasteiger partial charge on any atom is -0.475 e. The summed E-state index contributed by atoms with van der Waals surface area (Å²) >= 11 is 1.62. The van der Waals surface area contributed by atoms with Crippen molar-refractivity contribution < 1.29 is 27.9 Å². The molecule has 0 unspecified atom stereocenters. The number of carbonyl (C=O) groups excluding carboxylic acids is 1. The van der Waals surface area contributed by atoms with Crippen LogP contribution in [0.2, 0.25) is 0 Å². The second-order valence-electron chi connectivity index (χ2n) is 7.35. The number of nitrogens with zero attached hydrogens (tertiary/aromatic N) is 4. The molecule has 12 heteroatoms. The zero-order valence-corrected chi connectivity index (χ0v) is 19.2. The highest BCUT2D eigenvalue weighted by Crippen LogP contribution is 2.22. The molecule has 0 radical (unpaired) electrons. The summed E-state index contributed by atoms with van der Waals surface area (Å²) in [6, 6.07) is 17.8. The molecular formula is C24H18F3N5O3S. The summed E-state index contributed by atoms with van der Waals surface area (Å²) in [5.74, 6) is -2.07. The molecule has 8 nitrogen and oxygen atoms in total. The molecule has 5 aromatic rings. The molecule has 0 saturated heterocycles. The number of amides is 1. The van der Waals surface area contributed by atoms with E-state index in [4.69, 9.17) is 9.90 Å². The van der Waals surface area contributed by atoms with Gasteiger partial charge in [0.25, 0.3) is 5.91 Å². The van der Waals surface area contributed by atoms with Gasteiger partial charge in [-0.15, -0.1) is 11.3 Å². The molecule has 184 valence electrons. The lowest BCUT2D eigenvalue weighted by Crippen LogP contribution is -2.23. The smallest absolute Gasteiger partial charge is 0.475 e. The van der Waals surface area contributed by atoms with Crippen LogP contribution < -0.4 is 5.32 Å². The highest BCUT2D eigenvalue weighted by Gasteiger charge is 2.38. The van der Waals surface area contributed by atoms with Crippen molar-refractivity contribution in [3.05, 3.63) is 95.3 Å². The van der Waals surface area contributed by atoms with Gasteiger partial charge in [0.15, 0.2) is 5.69 Å². The maximum atomic E-state index is 12.4. The van der Waals surface area contributed by atoms with Gasteiger partial charge in [-0.3, -0.25) is 9.78 Å². The molecule has 0 spiro atoms. The fraction of sp³-hybridized carbons (Fsp3) is 0.0833. The number of halogens is 3. The predicted octanol–water partition coefficient (Wildman–Crippen LogP) is 4.81. The Morgan fingerprint density at radius 1 is 1.00 bits per heavy atom. The third kappa shape index (κ3) is 5.78. The highest BCUT2D eigenvalue weighted by atomic mass is 32.1. The molecule has 0 aromatic carbocycles. The normalized spacial score (nSPS) is 11.1. The average Bonchev–Trinajstić information content (AvgIpc) is 3.63. The number of carboxylic acids is 1. The van der Waals surface area contributed by atoms with Gasteiger partial charge >= 0.3 is 12.1 Å². The lowest BCUT2D eigenvalue weighted by molar-refractivity contribution is -0.192. The zero-order chi connectivity index (χ0) is 25.7. The van der Waals surface area contributed by atoms with Crippen molar-refractivity contribution in [2.45, 2.75) is 12.7 Å². The Bertz CT molecular complexity index is 1480. The number of pyridine rings is 2. The number of nitrogens with one attached hydrogen (secondary N) is 1. The molecule has 36 heavy (non-hydrogen) atoms. The van der Waals surface area contributed by atoms with Crippen molar-refractivity contribution in [3.8, 4) is 16.9 Å². The van der Waals surface area contributed by atoms with Crippen LogP contribution in [0.4, 0.5) is 13.2 Å². The van der Waals surface area contributed by atoms with Crippen LogP contribution in [0.5, 0.6) is 0 Å². The molecule has 5 aromatic heterocycles. The van der Waals surface area contributed by atoms with E-state index in [-0.39, 0.29) is 5.91 Å². The van der Waals surface area contributed by atoms with E-state index in [1.54, 1.807) is 40.7 Å². The van der Waals surface area contributed by atoms with Crippen molar-refractivity contribution in [3.63, 3.8) is 0 Å². The Balaban J connectivity index is 0.000000384. The maximum absolute atomic E-state index is 12.4. The van der Waals surface area contributed by atoms with Crippen molar-refractivity contribution in [2.75, 3.05) is 0 Å². The molecule has 0 aliphatic rings. The van der Waals surface area contributed by atoms with Crippen LogP contribution in [0.1, 0.15) is 15.4 Å². The van der Waals surface area contributed by atoms with Crippen LogP contribution in [0.25, 0.3) is 22.5 Å². The molecule has 0 aliphatic carbocycles. The molecule has 0 fully saturated rings. The molecule has 1 amide bonds. The quantitative estimate of drug-likeness (QED) is 0.351. The largest absolute Gasteiger partial charge is 0.490 e. The summed E-state index contributed by atoms with van der Waals surface area (Å²) in [6.45, 7) is 0.507. The van der Waals surface area contributed by atoms with Crippen LogP contribution >= 0.6 is 11.3 Å². The Morgan fingerprint density at radius 3 is 2.39 bits per heavy atom. The Labute approximate surface area is 206 Å². The number of alkyl halides is 3. The molecule has 2 N–H and O–H groups in total. The summed E-state index contributed by atoms with van der Waals surface area (Å²) in [6.07, 6.45) is 2.36. The number of aromatic nitrogens is 4. The first-order valence-electron chi connectivity index (χ1n) is 10.4. The van der Waals surface area contributed by atoms with Gasteiger partial charge in [0.05, 0.1) is 6.54 Å². The number of aliphatic carboxylic acids is 1. The van der Waals surface area contributed by atoms with Crippen LogP contribution in [-0.4, -0.2) is 42.3 Å². The molecular weight excluding hydrogens is 495 g/mol. The SMILES string of the molecule is O=C(NCc1cccs1)c1ccn(-c2ccc3ccc(-c4ccncc4)cn23)n1.O=C(O)C(F)(F)F. The first kappa shape index (κ1) is 24.7. The van der Waals surface area contributed by atoms with Crippen LogP contribution in [0.15, 0.2) is 84.8 Å². The van der Waals surface area contributed by atoms with Crippen molar-refractivity contribution in [1.82, 2.24) is 24.5 Å². The Kier molecular flexibility index (Phi) is 7.15. The van der Waals surface area contributed by atoms with E-state index in [9.17, 15) is 18.0 Å². The van der Waals surface area contributed by atoms with Crippen molar-refractivity contribution >= 4 is 28.7 Å². The van der Waals surface area contributed by atoms with Gasteiger partial charge in [-0.25, -0.2) is 9.48 Å². The van der Waals surface area contributed by atoms with E-state index in [1.807, 2.05) is 41.8 Å². The third-order valence-corrected chi connectivity index (χ3v) is 5.82. The summed E-state index contributed by atoms with van der Waals surface area (Å²) in [5.41, 5.74) is 3.62. The monoisotopic (exact) mass is 513 g/mol. The predicted molar refractivity (Wildman–Crippen MR) is 127 cm³/mol. The molecule has 0 bridgehead atoms. The zero-order valence-electron chi connectivity index (χ0n) is 18.4. The van der Waals surface area contributed by atoms with Crippen molar-refractivity contribution in [2.24, 2.45) is 0 Å². The van der Waals surface area contributed by atoms with E-state index in [0.717, 1.165) is 27.3 Å². The number of hydrogen-bond donors (Lipinski definition) is 2. The second-order valence-corrected chi connectivity index (χ2v) is 8.38. The summed E-state index contributed by atoms with van der Waals surface area (Å²) in [5, 5.41) is 16.5. The minimum atomic E-state index is -5.08. The lowest BCUT2D eigenvalue weighted by Gasteiger charge is -2.07. The maximum Gasteiger partial charge on any atom is 0.490 e. The molecule has 0 saturated carbocycles. The van der Waals surface area contributed by atoms with Gasteiger partial charge in [0.1, 0.15) is 5.82 Å². The topological polar surface area (TPSA) is 102 Å². The first-order valence-corrected chi connectivity index (χ1v) is 11.3. The Hall–Kier alpha value is -4.45. The lowest BCUT2D eigenvalue weighted by atomic mass is 10.1. The van der Waals surface area contributed by atoms with Gasteiger partial charge in [-0.1, -0.05) is 12.1 Å². The Morgan fingerprint density at radius 2 is 1.72 bits per heavy atom. The number of carboxylic acid groups (broad SMARTS) is 1. The van der Waals surface area contributed by atoms with Crippen LogP contribution in [0.3, 0.4) is 0 Å². The number of thiophene rings is 1. The molecule has 5 heterocycles. The summed E-state index contributed by atoms with van der Waals surface area (Å²) < 4.78 is 35.5. The molecule has 0 aliphatic heterocycles. The number of fused-ring (bicyclic) bond motifs is 1. The highest BCUT2D eigenvalue weighted by molar-refractivity contribution is 7.09. The van der Waals surface area contributed by atoms with Gasteiger partial charge in [0, 0.05) is 35.2 Å². The van der Waals surface area contributed by atoms with E-state index in [0.29, 0.717) is 12.2 Å². The van der Waals surface area contributed by atoms with E-state index in [1.165, 1.54) is 0 Å². The number of rotatable bonds is 5. The summed E-state index contributed by atoms with van der Waals surface area (Å²) in [7, 11) is 0. The standard InChI is InChI=1S/C22H17N5OS.C2HF3O2/c28-22(24-14-19-2-1-13-29-19)20-9-12-27(25-20)21-6-5-18-4-3-17(15-26(18)21)16-7-10-23-11-8-16;3-2(4,5)1(6)7/h1-13,15H,14H2,(H,24,28);(H,6,7). The number of hydrogen-bond acceptors (Lipinski definition) is 5. The van der Waals surface area contributed by atoms with E-state index in [2.05, 4.69) is 38.1 Å². The minimum absolute atomic E-state index is 0.185. The van der Waals surface area contributed by atoms with Crippen LogP contribution in [0, 0.1) is 0 Å². The van der Waals surface area contributed by atoms with E-state index >= 15 is 0 Å². The van der Waals surface area contributed by atoms with Gasteiger partial charge in [-0.05, 0) is 59.0 Å². The van der Waals surface area contributed by atoms with Gasteiger partial charge < -0.3 is 14.8 Å². The second kappa shape index (κ2) is 10.4. The number of carbonyl (C=O) groups is 2.